The van der Waals surface area contributed by atoms with Crippen molar-refractivity contribution in [2.45, 2.75) is 34.6 Å². The maximum atomic E-state index is 11.8. The molecular formula is C15H20O8. The Morgan fingerprint density at radius 1 is 0.739 bits per heavy atom. The zero-order valence-corrected chi connectivity index (χ0v) is 13.5. The average molecular weight is 328 g/mol. The van der Waals surface area contributed by atoms with Crippen LogP contribution in [0.1, 0.15) is 34.6 Å². The number of carboxylic acids is 4. The summed E-state index contributed by atoms with van der Waals surface area (Å²) in [5.74, 6) is -7.43. The number of aliphatic carboxylic acids is 4. The van der Waals surface area contributed by atoms with E-state index < -0.39 is 40.3 Å². The first-order valence-corrected chi connectivity index (χ1v) is 6.54. The van der Waals surface area contributed by atoms with E-state index in [1.165, 1.54) is 27.7 Å². The quantitative estimate of drug-likeness (QED) is 0.407. The highest BCUT2D eigenvalue weighted by molar-refractivity contribution is 6.11. The van der Waals surface area contributed by atoms with E-state index in [2.05, 4.69) is 0 Å². The zero-order valence-electron chi connectivity index (χ0n) is 13.5. The van der Waals surface area contributed by atoms with Gasteiger partial charge < -0.3 is 20.4 Å². The molecule has 0 aliphatic carbocycles. The lowest BCUT2D eigenvalue weighted by Crippen LogP contribution is -2.51. The SMILES string of the molecule is CC(C)=CC(C(=O)O)(C(=O)O)C(=C(C)C)C(C)(C(=O)O)C(=O)O. The van der Waals surface area contributed by atoms with Gasteiger partial charge in [-0.2, -0.15) is 0 Å². The summed E-state index contributed by atoms with van der Waals surface area (Å²) < 4.78 is 0. The van der Waals surface area contributed by atoms with Crippen LogP contribution in [-0.2, 0) is 19.2 Å². The first kappa shape index (κ1) is 20.4. The summed E-state index contributed by atoms with van der Waals surface area (Å²) in [4.78, 5) is 46.7. The second-order valence-corrected chi connectivity index (χ2v) is 5.75. The third-order valence-corrected chi connectivity index (χ3v) is 3.43. The molecular weight excluding hydrogens is 308 g/mol. The van der Waals surface area contributed by atoms with Gasteiger partial charge in [-0.15, -0.1) is 0 Å². The van der Waals surface area contributed by atoms with E-state index in [0.29, 0.717) is 0 Å². The van der Waals surface area contributed by atoms with Gasteiger partial charge in [-0.05, 0) is 40.2 Å². The van der Waals surface area contributed by atoms with Crippen molar-refractivity contribution in [2.24, 2.45) is 10.8 Å². The average Bonchev–Trinajstić information content (AvgIpc) is 2.35. The molecule has 0 radical (unpaired) electrons. The molecule has 0 spiro atoms. The Bertz CT molecular complexity index is 587. The molecule has 0 aliphatic rings. The highest BCUT2D eigenvalue weighted by Crippen LogP contribution is 2.45. The van der Waals surface area contributed by atoms with Crippen molar-refractivity contribution in [2.75, 3.05) is 0 Å². The van der Waals surface area contributed by atoms with Gasteiger partial charge in [-0.3, -0.25) is 19.2 Å². The third-order valence-electron chi connectivity index (χ3n) is 3.43. The molecule has 0 bridgehead atoms. The summed E-state index contributed by atoms with van der Waals surface area (Å²) in [5.41, 5.74) is -5.97. The first-order chi connectivity index (χ1) is 10.3. The lowest BCUT2D eigenvalue weighted by molar-refractivity contribution is -0.164. The molecule has 0 atom stereocenters. The van der Waals surface area contributed by atoms with E-state index in [9.17, 15) is 39.6 Å². The normalized spacial score (nSPS) is 11.3. The smallest absolute Gasteiger partial charge is 0.329 e. The van der Waals surface area contributed by atoms with Gasteiger partial charge in [0.1, 0.15) is 0 Å². The Morgan fingerprint density at radius 3 is 1.26 bits per heavy atom. The monoisotopic (exact) mass is 328 g/mol. The molecule has 0 saturated heterocycles. The molecule has 0 aromatic rings. The van der Waals surface area contributed by atoms with Crippen LogP contribution in [0.2, 0.25) is 0 Å². The van der Waals surface area contributed by atoms with Crippen LogP contribution < -0.4 is 0 Å². The van der Waals surface area contributed by atoms with Gasteiger partial charge in [-0.1, -0.05) is 17.2 Å². The maximum absolute atomic E-state index is 11.8. The second-order valence-electron chi connectivity index (χ2n) is 5.75. The second kappa shape index (κ2) is 6.64. The molecule has 0 aromatic heterocycles. The predicted octanol–water partition coefficient (Wildman–Crippen LogP) is 1.62. The predicted molar refractivity (Wildman–Crippen MR) is 78.9 cm³/mol. The zero-order chi connectivity index (χ0) is 18.7. The van der Waals surface area contributed by atoms with Crippen LogP contribution in [0, 0.1) is 10.8 Å². The molecule has 0 heterocycles. The van der Waals surface area contributed by atoms with Gasteiger partial charge in [0.25, 0.3) is 0 Å². The third kappa shape index (κ3) is 3.25. The molecule has 0 saturated carbocycles. The van der Waals surface area contributed by atoms with Gasteiger partial charge in [-0.25, -0.2) is 0 Å². The minimum absolute atomic E-state index is 0.0143. The van der Waals surface area contributed by atoms with Crippen LogP contribution >= 0.6 is 0 Å². The van der Waals surface area contributed by atoms with Crippen molar-refractivity contribution in [3.63, 3.8) is 0 Å². The highest BCUT2D eigenvalue weighted by Gasteiger charge is 2.60. The van der Waals surface area contributed by atoms with Crippen LogP contribution in [0.5, 0.6) is 0 Å². The summed E-state index contributed by atoms with van der Waals surface area (Å²) >= 11 is 0. The highest BCUT2D eigenvalue weighted by atomic mass is 16.4. The van der Waals surface area contributed by atoms with Gasteiger partial charge >= 0.3 is 23.9 Å². The number of allylic oxidation sites excluding steroid dienone is 2. The Hall–Kier alpha value is -2.64. The molecule has 0 rings (SSSR count). The van der Waals surface area contributed by atoms with E-state index in [0.717, 1.165) is 13.0 Å². The lowest BCUT2D eigenvalue weighted by Gasteiger charge is -2.34. The summed E-state index contributed by atoms with van der Waals surface area (Å²) in [6.45, 7) is 6.20. The van der Waals surface area contributed by atoms with Gasteiger partial charge in [0.05, 0.1) is 0 Å². The van der Waals surface area contributed by atoms with Crippen LogP contribution in [0.15, 0.2) is 22.8 Å². The summed E-state index contributed by atoms with van der Waals surface area (Å²) in [5, 5.41) is 37.8. The van der Waals surface area contributed by atoms with Crippen LogP contribution in [0.3, 0.4) is 0 Å². The minimum Gasteiger partial charge on any atom is -0.480 e. The van der Waals surface area contributed by atoms with Crippen molar-refractivity contribution in [3.05, 3.63) is 22.8 Å². The summed E-state index contributed by atoms with van der Waals surface area (Å²) in [6.07, 6.45) is 0.851. The summed E-state index contributed by atoms with van der Waals surface area (Å²) in [6, 6.07) is 0. The van der Waals surface area contributed by atoms with E-state index in [-0.39, 0.29) is 11.1 Å². The van der Waals surface area contributed by atoms with Gasteiger partial charge in [0.15, 0.2) is 5.41 Å². The molecule has 128 valence electrons. The molecule has 8 nitrogen and oxygen atoms in total. The molecule has 0 aliphatic heterocycles. The summed E-state index contributed by atoms with van der Waals surface area (Å²) in [7, 11) is 0. The lowest BCUT2D eigenvalue weighted by atomic mass is 9.64. The molecule has 0 fully saturated rings. The van der Waals surface area contributed by atoms with Crippen molar-refractivity contribution in [3.8, 4) is 0 Å². The molecule has 8 heteroatoms. The first-order valence-electron chi connectivity index (χ1n) is 6.54. The molecule has 0 unspecified atom stereocenters. The Labute approximate surface area is 132 Å². The van der Waals surface area contributed by atoms with Crippen LogP contribution in [0.25, 0.3) is 0 Å². The van der Waals surface area contributed by atoms with Crippen molar-refractivity contribution in [1.29, 1.82) is 0 Å². The molecule has 4 N–H and O–H groups in total. The van der Waals surface area contributed by atoms with E-state index >= 15 is 0 Å². The number of hydrogen-bond donors (Lipinski definition) is 4. The number of carboxylic acid groups (broad SMARTS) is 4. The van der Waals surface area contributed by atoms with E-state index in [4.69, 9.17) is 0 Å². The Kier molecular flexibility index (Phi) is 5.87. The van der Waals surface area contributed by atoms with E-state index in [1.54, 1.807) is 0 Å². The Balaban J connectivity index is 7.23. The topological polar surface area (TPSA) is 149 Å². The number of rotatable bonds is 7. The minimum atomic E-state index is -2.80. The van der Waals surface area contributed by atoms with Crippen LogP contribution in [0.4, 0.5) is 0 Å². The molecule has 0 aromatic carbocycles. The Morgan fingerprint density at radius 2 is 1.09 bits per heavy atom. The molecule has 23 heavy (non-hydrogen) atoms. The van der Waals surface area contributed by atoms with Gasteiger partial charge in [0, 0.05) is 0 Å². The standard InChI is InChI=1S/C15H20O8/c1-7(2)6-15(12(20)21,13(22)23)9(8(3)4)14(5,10(16)17)11(18)19/h6H,1-5H3,(H,16,17)(H,18,19)(H,20,21)(H,22,23). The van der Waals surface area contributed by atoms with Crippen molar-refractivity contribution >= 4 is 23.9 Å². The van der Waals surface area contributed by atoms with E-state index in [1.807, 2.05) is 0 Å². The van der Waals surface area contributed by atoms with Crippen molar-refractivity contribution in [1.82, 2.24) is 0 Å². The van der Waals surface area contributed by atoms with Crippen LogP contribution in [-0.4, -0.2) is 44.3 Å². The number of hydrogen-bond acceptors (Lipinski definition) is 4. The fourth-order valence-electron chi connectivity index (χ4n) is 2.53. The van der Waals surface area contributed by atoms with Gasteiger partial charge in [0.2, 0.25) is 5.41 Å². The molecule has 0 amide bonds. The number of carbonyl (C=O) groups is 4. The fourth-order valence-corrected chi connectivity index (χ4v) is 2.53. The van der Waals surface area contributed by atoms with Crippen molar-refractivity contribution < 1.29 is 39.6 Å². The largest absolute Gasteiger partial charge is 0.480 e. The fraction of sp³-hybridized carbons (Fsp3) is 0.467. The maximum Gasteiger partial charge on any atom is 0.329 e.